The maximum atomic E-state index is 12.8. The summed E-state index contributed by atoms with van der Waals surface area (Å²) in [4.78, 5) is 17.1. The van der Waals surface area contributed by atoms with Crippen LogP contribution in [0.4, 0.5) is 16.2 Å². The molecule has 4 rings (SSSR count). The first kappa shape index (κ1) is 20.5. The average Bonchev–Trinajstić information content (AvgIpc) is 2.76. The van der Waals surface area contributed by atoms with Gasteiger partial charge in [-0.1, -0.05) is 24.3 Å². The fourth-order valence-corrected chi connectivity index (χ4v) is 5.48. The number of rotatable bonds is 6. The summed E-state index contributed by atoms with van der Waals surface area (Å²) in [5, 5.41) is 2.66. The van der Waals surface area contributed by atoms with Gasteiger partial charge in [0.2, 0.25) is 0 Å². The number of carbonyl (C=O) groups excluding carboxylic acids is 1. The number of hydrogen-bond acceptors (Lipinski definition) is 6. The van der Waals surface area contributed by atoms with E-state index in [0.29, 0.717) is 12.1 Å². The molecule has 1 fully saturated rings. The molecule has 0 spiro atoms. The van der Waals surface area contributed by atoms with Crippen molar-refractivity contribution in [1.29, 1.82) is 0 Å². The molecule has 1 N–H and O–H groups in total. The first-order valence-corrected chi connectivity index (χ1v) is 11.5. The Morgan fingerprint density at radius 3 is 2.43 bits per heavy atom. The van der Waals surface area contributed by atoms with Gasteiger partial charge in [0.25, 0.3) is 10.0 Å². The quantitative estimate of drug-likeness (QED) is 0.758. The molecule has 0 aromatic heterocycles. The number of benzene rings is 2. The Morgan fingerprint density at radius 1 is 0.967 bits per heavy atom. The lowest BCUT2D eigenvalue weighted by atomic mass is 10.2. The number of fused-ring (bicyclic) bond motifs is 1. The van der Waals surface area contributed by atoms with Gasteiger partial charge in [0.05, 0.1) is 18.5 Å². The van der Waals surface area contributed by atoms with Gasteiger partial charge in [-0.3, -0.25) is 4.90 Å². The Morgan fingerprint density at radius 2 is 1.67 bits per heavy atom. The fourth-order valence-electron chi connectivity index (χ4n) is 3.96. The number of ether oxygens (including phenoxy) is 1. The van der Waals surface area contributed by atoms with Gasteiger partial charge in [0, 0.05) is 39.3 Å². The van der Waals surface area contributed by atoms with Crippen LogP contribution in [-0.4, -0.2) is 70.0 Å². The van der Waals surface area contributed by atoms with Crippen molar-refractivity contribution in [3.63, 3.8) is 0 Å². The van der Waals surface area contributed by atoms with E-state index < -0.39 is 16.1 Å². The maximum Gasteiger partial charge on any atom is 0.335 e. The van der Waals surface area contributed by atoms with Crippen LogP contribution in [0.5, 0.6) is 5.75 Å². The Kier molecular flexibility index (Phi) is 5.83. The Labute approximate surface area is 177 Å². The van der Waals surface area contributed by atoms with Crippen molar-refractivity contribution in [1.82, 2.24) is 9.21 Å². The van der Waals surface area contributed by atoms with Gasteiger partial charge < -0.3 is 15.0 Å². The van der Waals surface area contributed by atoms with Gasteiger partial charge in [-0.2, -0.15) is 0 Å². The highest BCUT2D eigenvalue weighted by molar-refractivity contribution is 7.90. The first-order chi connectivity index (χ1) is 14.5. The third-order valence-electron chi connectivity index (χ3n) is 5.56. The topological polar surface area (TPSA) is 82.2 Å². The van der Waals surface area contributed by atoms with Gasteiger partial charge >= 0.3 is 6.03 Å². The molecule has 0 atom stereocenters. The monoisotopic (exact) mass is 430 g/mol. The van der Waals surface area contributed by atoms with Gasteiger partial charge in [-0.25, -0.2) is 17.5 Å². The second-order valence-corrected chi connectivity index (χ2v) is 9.19. The number of methoxy groups -OCH3 is 1. The molecule has 0 unspecified atom stereocenters. The number of carbonyl (C=O) groups is 1. The zero-order valence-electron chi connectivity index (χ0n) is 17.0. The highest BCUT2D eigenvalue weighted by atomic mass is 32.2. The molecule has 2 aliphatic heterocycles. The van der Waals surface area contributed by atoms with Crippen LogP contribution >= 0.6 is 0 Å². The van der Waals surface area contributed by atoms with Crippen molar-refractivity contribution in [2.24, 2.45) is 0 Å². The van der Waals surface area contributed by atoms with Crippen molar-refractivity contribution in [2.75, 3.05) is 56.6 Å². The van der Waals surface area contributed by atoms with Crippen molar-refractivity contribution in [3.8, 4) is 5.75 Å². The van der Waals surface area contributed by atoms with Crippen molar-refractivity contribution >= 4 is 27.4 Å². The van der Waals surface area contributed by atoms with Gasteiger partial charge in [0.15, 0.2) is 0 Å². The molecule has 0 aliphatic carbocycles. The van der Waals surface area contributed by atoms with E-state index in [0.717, 1.165) is 48.5 Å². The van der Waals surface area contributed by atoms with Crippen LogP contribution in [0.3, 0.4) is 0 Å². The lowest BCUT2D eigenvalue weighted by molar-refractivity contribution is 0.225. The van der Waals surface area contributed by atoms with E-state index >= 15 is 0 Å². The lowest BCUT2D eigenvalue weighted by Gasteiger charge is -2.37. The highest BCUT2D eigenvalue weighted by Gasteiger charge is 2.36. The number of anilines is 2. The van der Waals surface area contributed by atoms with E-state index in [-0.39, 0.29) is 11.4 Å². The first-order valence-electron chi connectivity index (χ1n) is 10.0. The largest absolute Gasteiger partial charge is 0.495 e. The minimum absolute atomic E-state index is 0.148. The molecular weight excluding hydrogens is 404 g/mol. The van der Waals surface area contributed by atoms with Crippen LogP contribution in [0.2, 0.25) is 0 Å². The zero-order valence-corrected chi connectivity index (χ0v) is 17.8. The lowest BCUT2D eigenvalue weighted by Crippen LogP contribution is -2.48. The van der Waals surface area contributed by atoms with E-state index in [2.05, 4.69) is 21.2 Å². The van der Waals surface area contributed by atoms with Crippen molar-refractivity contribution in [2.45, 2.75) is 11.3 Å². The van der Waals surface area contributed by atoms with Crippen molar-refractivity contribution in [3.05, 3.63) is 48.5 Å². The van der Waals surface area contributed by atoms with Gasteiger partial charge in [-0.05, 0) is 30.7 Å². The van der Waals surface area contributed by atoms with E-state index in [1.54, 1.807) is 25.3 Å². The van der Waals surface area contributed by atoms with Crippen LogP contribution in [0.1, 0.15) is 6.42 Å². The predicted octanol–water partition coefficient (Wildman–Crippen LogP) is 2.44. The minimum atomic E-state index is -3.81. The molecule has 2 amide bonds. The molecule has 160 valence electrons. The molecule has 0 radical (unpaired) electrons. The van der Waals surface area contributed by atoms with Crippen molar-refractivity contribution < 1.29 is 17.9 Å². The molecule has 2 aromatic carbocycles. The van der Waals surface area contributed by atoms with Crippen LogP contribution in [0.15, 0.2) is 53.4 Å². The van der Waals surface area contributed by atoms with Crippen LogP contribution in [-0.2, 0) is 10.0 Å². The molecule has 0 bridgehead atoms. The number of urea groups is 1. The SMILES string of the molecule is COc1ccccc1N1CCN(CCCN2C(=O)Nc3ccccc3S2(=O)=O)CC1. The Balaban J connectivity index is 1.31. The van der Waals surface area contributed by atoms with E-state index in [1.807, 2.05) is 18.2 Å². The molecular formula is C21H26N4O4S. The third-order valence-corrected chi connectivity index (χ3v) is 7.40. The van der Waals surface area contributed by atoms with Gasteiger partial charge in [-0.15, -0.1) is 0 Å². The second-order valence-electron chi connectivity index (χ2n) is 7.36. The van der Waals surface area contributed by atoms with Crippen LogP contribution in [0, 0.1) is 0 Å². The third kappa shape index (κ3) is 3.95. The normalized spacial score (nSPS) is 18.6. The Bertz CT molecular complexity index is 1020. The molecule has 8 nitrogen and oxygen atoms in total. The smallest absolute Gasteiger partial charge is 0.335 e. The van der Waals surface area contributed by atoms with Crippen LogP contribution in [0.25, 0.3) is 0 Å². The summed E-state index contributed by atoms with van der Waals surface area (Å²) in [5.74, 6) is 0.868. The zero-order chi connectivity index (χ0) is 21.1. The number of amides is 2. The number of nitrogens with one attached hydrogen (secondary N) is 1. The highest BCUT2D eigenvalue weighted by Crippen LogP contribution is 2.30. The number of para-hydroxylation sites is 3. The summed E-state index contributed by atoms with van der Waals surface area (Å²) in [6.07, 6.45) is 0.587. The summed E-state index contributed by atoms with van der Waals surface area (Å²) in [5.41, 5.74) is 1.43. The minimum Gasteiger partial charge on any atom is -0.495 e. The second kappa shape index (κ2) is 8.53. The molecule has 2 heterocycles. The Hall–Kier alpha value is -2.78. The molecule has 2 aromatic rings. The number of piperazine rings is 1. The molecule has 9 heteroatoms. The van der Waals surface area contributed by atoms with E-state index in [4.69, 9.17) is 4.74 Å². The summed E-state index contributed by atoms with van der Waals surface area (Å²) in [6, 6.07) is 13.9. The molecule has 30 heavy (non-hydrogen) atoms. The van der Waals surface area contributed by atoms with E-state index in [9.17, 15) is 13.2 Å². The van der Waals surface area contributed by atoms with E-state index in [1.165, 1.54) is 6.07 Å². The van der Waals surface area contributed by atoms with Gasteiger partial charge in [0.1, 0.15) is 10.6 Å². The number of hydrogen-bond donors (Lipinski definition) is 1. The average molecular weight is 431 g/mol. The van der Waals surface area contributed by atoms with Crippen LogP contribution < -0.4 is 15.0 Å². The fraction of sp³-hybridized carbons (Fsp3) is 0.381. The number of nitrogens with zero attached hydrogens (tertiary/aromatic N) is 3. The maximum absolute atomic E-state index is 12.8. The number of sulfonamides is 1. The molecule has 0 saturated carbocycles. The molecule has 2 aliphatic rings. The summed E-state index contributed by atoms with van der Waals surface area (Å²) >= 11 is 0. The summed E-state index contributed by atoms with van der Waals surface area (Å²) < 4.78 is 32.0. The predicted molar refractivity (Wildman–Crippen MR) is 116 cm³/mol. The standard InChI is InChI=1S/C21H26N4O4S/c1-29-19-9-4-3-8-18(19)24-15-13-23(14-16-24)11-6-12-25-21(26)22-17-7-2-5-10-20(17)30(25,27)28/h2-5,7-10H,6,11-16H2,1H3,(H,22,26). The summed E-state index contributed by atoms with van der Waals surface area (Å²) in [7, 11) is -2.13. The molecule has 1 saturated heterocycles. The summed E-state index contributed by atoms with van der Waals surface area (Å²) in [6.45, 7) is 4.39.